The molecule has 22 heavy (non-hydrogen) atoms. The van der Waals surface area contributed by atoms with Gasteiger partial charge in [0.1, 0.15) is 0 Å². The van der Waals surface area contributed by atoms with Crippen molar-refractivity contribution in [2.75, 3.05) is 11.1 Å². The summed E-state index contributed by atoms with van der Waals surface area (Å²) in [6.07, 6.45) is -0.151. The Bertz CT molecular complexity index is 673. The van der Waals surface area contributed by atoms with Crippen LogP contribution in [0.25, 0.3) is 0 Å². The summed E-state index contributed by atoms with van der Waals surface area (Å²) < 4.78 is 5.17. The van der Waals surface area contributed by atoms with Gasteiger partial charge in [0, 0.05) is 5.69 Å². The van der Waals surface area contributed by atoms with Crippen molar-refractivity contribution in [2.24, 2.45) is 0 Å². The summed E-state index contributed by atoms with van der Waals surface area (Å²) in [5, 5.41) is 3.28. The summed E-state index contributed by atoms with van der Waals surface area (Å²) >= 11 is 0. The summed E-state index contributed by atoms with van der Waals surface area (Å²) in [6.45, 7) is 7.73. The van der Waals surface area contributed by atoms with Crippen LogP contribution in [0, 0.1) is 13.8 Å². The van der Waals surface area contributed by atoms with E-state index in [4.69, 9.17) is 10.5 Å². The number of nitrogens with one attached hydrogen (secondary N) is 1. The molecule has 3 N–H and O–H groups in total. The molecule has 0 aliphatic heterocycles. The maximum Gasteiger partial charge on any atom is 0.338 e. The third kappa shape index (κ3) is 4.01. The van der Waals surface area contributed by atoms with Gasteiger partial charge in [-0.05, 0) is 69.2 Å². The molecule has 0 saturated carbocycles. The third-order valence-corrected chi connectivity index (χ3v) is 3.13. The van der Waals surface area contributed by atoms with Gasteiger partial charge in [-0.15, -0.1) is 0 Å². The van der Waals surface area contributed by atoms with Crippen molar-refractivity contribution in [1.82, 2.24) is 0 Å². The average molecular weight is 298 g/mol. The van der Waals surface area contributed by atoms with Gasteiger partial charge in [0.05, 0.1) is 23.0 Å². The highest BCUT2D eigenvalue weighted by Gasteiger charge is 2.11. The molecule has 0 saturated heterocycles. The monoisotopic (exact) mass is 298 g/mol. The molecule has 0 atom stereocenters. The third-order valence-electron chi connectivity index (χ3n) is 3.13. The molecular formula is C18H22N2O2. The van der Waals surface area contributed by atoms with Crippen molar-refractivity contribution >= 4 is 23.0 Å². The predicted octanol–water partition coefficient (Wildman–Crippen LogP) is 4.19. The minimum Gasteiger partial charge on any atom is -0.459 e. The van der Waals surface area contributed by atoms with Gasteiger partial charge in [0.2, 0.25) is 0 Å². The fourth-order valence-electron chi connectivity index (χ4n) is 2.29. The quantitative estimate of drug-likeness (QED) is 0.656. The molecule has 0 aliphatic carbocycles. The highest BCUT2D eigenvalue weighted by molar-refractivity contribution is 5.92. The van der Waals surface area contributed by atoms with Crippen molar-refractivity contribution in [3.8, 4) is 0 Å². The first-order valence-electron chi connectivity index (χ1n) is 7.31. The Morgan fingerprint density at radius 1 is 1.09 bits per heavy atom. The van der Waals surface area contributed by atoms with Crippen molar-refractivity contribution in [3.63, 3.8) is 0 Å². The molecule has 116 valence electrons. The molecule has 2 aromatic rings. The van der Waals surface area contributed by atoms with Crippen LogP contribution in [0.3, 0.4) is 0 Å². The summed E-state index contributed by atoms with van der Waals surface area (Å²) in [6, 6.07) is 11.4. The molecule has 4 nitrogen and oxygen atoms in total. The molecule has 0 aliphatic rings. The van der Waals surface area contributed by atoms with Crippen molar-refractivity contribution in [2.45, 2.75) is 33.8 Å². The first-order valence-corrected chi connectivity index (χ1v) is 7.31. The second-order valence-corrected chi connectivity index (χ2v) is 5.76. The average Bonchev–Trinajstić information content (AvgIpc) is 2.39. The molecule has 2 aromatic carbocycles. The number of esters is 1. The molecule has 0 aromatic heterocycles. The van der Waals surface area contributed by atoms with E-state index in [0.717, 1.165) is 11.4 Å². The Morgan fingerprint density at radius 3 is 2.27 bits per heavy atom. The maximum atomic E-state index is 11.9. The van der Waals surface area contributed by atoms with Crippen LogP contribution >= 0.6 is 0 Å². The van der Waals surface area contributed by atoms with Crippen molar-refractivity contribution in [1.29, 1.82) is 0 Å². The van der Waals surface area contributed by atoms with E-state index in [9.17, 15) is 4.79 Å². The number of nitrogens with two attached hydrogens (primary N) is 1. The topological polar surface area (TPSA) is 64.3 Å². The van der Waals surface area contributed by atoms with E-state index >= 15 is 0 Å². The van der Waals surface area contributed by atoms with Crippen LogP contribution in [-0.4, -0.2) is 12.1 Å². The number of hydrogen-bond donors (Lipinski definition) is 2. The highest BCUT2D eigenvalue weighted by atomic mass is 16.5. The van der Waals surface area contributed by atoms with E-state index in [1.807, 2.05) is 39.8 Å². The molecule has 0 fully saturated rings. The van der Waals surface area contributed by atoms with Crippen LogP contribution in [0.2, 0.25) is 0 Å². The Morgan fingerprint density at radius 2 is 1.73 bits per heavy atom. The number of carbonyl (C=O) groups is 1. The molecule has 4 heteroatoms. The van der Waals surface area contributed by atoms with Gasteiger partial charge in [-0.25, -0.2) is 4.79 Å². The molecule has 2 rings (SSSR count). The maximum absolute atomic E-state index is 11.9. The van der Waals surface area contributed by atoms with Crippen molar-refractivity contribution in [3.05, 3.63) is 53.1 Å². The van der Waals surface area contributed by atoms with Gasteiger partial charge in [-0.1, -0.05) is 6.07 Å². The van der Waals surface area contributed by atoms with Crippen LogP contribution in [0.15, 0.2) is 36.4 Å². The number of ether oxygens (including phenoxy) is 1. The standard InChI is InChI=1S/C18H22N2O2/c1-11(2)22-18(21)14-5-6-17(16(19)10-14)20-15-8-12(3)7-13(4)9-15/h5-11,20H,19H2,1-4H3. The van der Waals surface area contributed by atoms with Gasteiger partial charge in [-0.2, -0.15) is 0 Å². The first-order chi connectivity index (χ1) is 10.3. The minimum absolute atomic E-state index is 0.151. The lowest BCUT2D eigenvalue weighted by Gasteiger charge is -2.13. The summed E-state index contributed by atoms with van der Waals surface area (Å²) in [4.78, 5) is 11.9. The molecular weight excluding hydrogens is 276 g/mol. The number of benzene rings is 2. The van der Waals surface area contributed by atoms with Gasteiger partial charge >= 0.3 is 5.97 Å². The lowest BCUT2D eigenvalue weighted by molar-refractivity contribution is 0.0378. The lowest BCUT2D eigenvalue weighted by atomic mass is 10.1. The fourth-order valence-corrected chi connectivity index (χ4v) is 2.29. The Kier molecular flexibility index (Phi) is 4.71. The number of hydrogen-bond acceptors (Lipinski definition) is 4. The summed E-state index contributed by atoms with van der Waals surface area (Å²) in [5.41, 5.74) is 11.1. The van der Waals surface area contributed by atoms with E-state index in [-0.39, 0.29) is 12.1 Å². The van der Waals surface area contributed by atoms with Crippen LogP contribution in [0.1, 0.15) is 35.3 Å². The van der Waals surface area contributed by atoms with Crippen LogP contribution in [-0.2, 0) is 4.74 Å². The molecule has 0 amide bonds. The zero-order chi connectivity index (χ0) is 16.3. The Balaban J connectivity index is 2.21. The zero-order valence-electron chi connectivity index (χ0n) is 13.4. The normalized spacial score (nSPS) is 10.6. The van der Waals surface area contributed by atoms with Gasteiger partial charge in [-0.3, -0.25) is 0 Å². The lowest BCUT2D eigenvalue weighted by Crippen LogP contribution is -2.12. The van der Waals surface area contributed by atoms with E-state index in [0.29, 0.717) is 11.3 Å². The molecule has 0 spiro atoms. The Hall–Kier alpha value is -2.49. The highest BCUT2D eigenvalue weighted by Crippen LogP contribution is 2.26. The van der Waals surface area contributed by atoms with E-state index < -0.39 is 0 Å². The minimum atomic E-state index is -0.361. The smallest absolute Gasteiger partial charge is 0.338 e. The number of anilines is 3. The molecule has 0 unspecified atom stereocenters. The molecule has 0 radical (unpaired) electrons. The largest absolute Gasteiger partial charge is 0.459 e. The zero-order valence-corrected chi connectivity index (χ0v) is 13.4. The summed E-state index contributed by atoms with van der Waals surface area (Å²) in [5.74, 6) is -0.361. The van der Waals surface area contributed by atoms with Crippen LogP contribution < -0.4 is 11.1 Å². The number of carbonyl (C=O) groups excluding carboxylic acids is 1. The number of aryl methyl sites for hydroxylation is 2. The van der Waals surface area contributed by atoms with Crippen molar-refractivity contribution < 1.29 is 9.53 Å². The van der Waals surface area contributed by atoms with Crippen LogP contribution in [0.5, 0.6) is 0 Å². The summed E-state index contributed by atoms with van der Waals surface area (Å²) in [7, 11) is 0. The Labute approximate surface area is 131 Å². The SMILES string of the molecule is Cc1cc(C)cc(Nc2ccc(C(=O)OC(C)C)cc2N)c1. The van der Waals surface area contributed by atoms with Gasteiger partial charge < -0.3 is 15.8 Å². The molecule has 0 heterocycles. The van der Waals surface area contributed by atoms with E-state index in [1.54, 1.807) is 18.2 Å². The predicted molar refractivity (Wildman–Crippen MR) is 90.6 cm³/mol. The second-order valence-electron chi connectivity index (χ2n) is 5.76. The van der Waals surface area contributed by atoms with Gasteiger partial charge in [0.15, 0.2) is 0 Å². The van der Waals surface area contributed by atoms with Crippen LogP contribution in [0.4, 0.5) is 17.1 Å². The molecule has 0 bridgehead atoms. The second kappa shape index (κ2) is 6.52. The van der Waals surface area contributed by atoms with Gasteiger partial charge in [0.25, 0.3) is 0 Å². The first kappa shape index (κ1) is 15.9. The van der Waals surface area contributed by atoms with E-state index in [2.05, 4.69) is 11.4 Å². The fraction of sp³-hybridized carbons (Fsp3) is 0.278. The number of rotatable bonds is 4. The number of nitrogen functional groups attached to an aromatic ring is 1. The van der Waals surface area contributed by atoms with E-state index in [1.165, 1.54) is 11.1 Å².